The maximum Gasteiger partial charge on any atom is 0.226 e. The van der Waals surface area contributed by atoms with E-state index in [4.69, 9.17) is 0 Å². The lowest BCUT2D eigenvalue weighted by molar-refractivity contribution is -0.146. The smallest absolute Gasteiger partial charge is 0.226 e. The molecule has 4 heteroatoms. The second-order valence-electron chi connectivity index (χ2n) is 8.40. The molecule has 2 heterocycles. The van der Waals surface area contributed by atoms with Gasteiger partial charge in [-0.2, -0.15) is 11.3 Å². The van der Waals surface area contributed by atoms with Gasteiger partial charge < -0.3 is 5.32 Å². The Morgan fingerprint density at radius 3 is 2.52 bits per heavy atom. The van der Waals surface area contributed by atoms with Crippen molar-refractivity contribution in [3.63, 3.8) is 0 Å². The van der Waals surface area contributed by atoms with Crippen molar-refractivity contribution in [3.05, 3.63) is 40.7 Å². The molecule has 0 unspecified atom stereocenters. The van der Waals surface area contributed by atoms with Crippen LogP contribution >= 0.6 is 11.3 Å². The van der Waals surface area contributed by atoms with Gasteiger partial charge in [-0.05, 0) is 79.4 Å². The first-order chi connectivity index (χ1) is 12.2. The van der Waals surface area contributed by atoms with Gasteiger partial charge in [0.15, 0.2) is 0 Å². The summed E-state index contributed by atoms with van der Waals surface area (Å²) in [6, 6.07) is 6.14. The summed E-state index contributed by atoms with van der Waals surface area (Å²) < 4.78 is 0. The van der Waals surface area contributed by atoms with Gasteiger partial charge in [0.2, 0.25) is 5.91 Å². The molecule has 0 aromatic carbocycles. The minimum Gasteiger partial charge on any atom is -0.351 e. The van der Waals surface area contributed by atoms with Gasteiger partial charge in [0.05, 0.1) is 5.69 Å². The Hall–Kier alpha value is -1.68. The molecule has 4 aliphatic rings. The van der Waals surface area contributed by atoms with Crippen LogP contribution in [0.1, 0.15) is 44.1 Å². The lowest BCUT2D eigenvalue weighted by atomic mass is 9.49. The van der Waals surface area contributed by atoms with Crippen LogP contribution in [0.5, 0.6) is 0 Å². The number of rotatable bonds is 4. The first-order valence-electron chi connectivity index (χ1n) is 9.47. The Balaban J connectivity index is 1.33. The summed E-state index contributed by atoms with van der Waals surface area (Å²) in [7, 11) is 0. The lowest BCUT2D eigenvalue weighted by Gasteiger charge is -2.55. The Bertz CT molecular complexity index is 748. The summed E-state index contributed by atoms with van der Waals surface area (Å²) >= 11 is 1.68. The van der Waals surface area contributed by atoms with Crippen LogP contribution in [-0.4, -0.2) is 10.9 Å². The van der Waals surface area contributed by atoms with Crippen LogP contribution in [0.3, 0.4) is 0 Å². The molecule has 25 heavy (non-hydrogen) atoms. The molecule has 1 amide bonds. The number of nitrogens with one attached hydrogen (secondary N) is 1. The summed E-state index contributed by atoms with van der Waals surface area (Å²) in [6.45, 7) is 0.583. The molecule has 2 aromatic heterocycles. The van der Waals surface area contributed by atoms with Crippen LogP contribution < -0.4 is 5.32 Å². The van der Waals surface area contributed by atoms with Gasteiger partial charge in [-0.25, -0.2) is 0 Å². The van der Waals surface area contributed by atoms with E-state index in [-0.39, 0.29) is 5.41 Å². The highest BCUT2D eigenvalue weighted by atomic mass is 32.1. The Kier molecular flexibility index (Phi) is 3.70. The summed E-state index contributed by atoms with van der Waals surface area (Å²) in [5.74, 6) is 2.71. The van der Waals surface area contributed by atoms with Crippen molar-refractivity contribution in [3.8, 4) is 11.3 Å². The second-order valence-corrected chi connectivity index (χ2v) is 9.18. The standard InChI is InChI=1S/C21H24N2OS/c24-20(21-9-14-6-15(10-21)8-16(7-14)11-21)23-12-17-2-1-4-22-19(17)18-3-5-25-13-18/h1-5,13-16H,6-12H2,(H,23,24). The van der Waals surface area contributed by atoms with E-state index in [1.54, 1.807) is 11.3 Å². The van der Waals surface area contributed by atoms with E-state index >= 15 is 0 Å². The first-order valence-corrected chi connectivity index (χ1v) is 10.4. The number of carbonyl (C=O) groups is 1. The van der Waals surface area contributed by atoms with E-state index in [1.807, 2.05) is 12.3 Å². The van der Waals surface area contributed by atoms with Crippen molar-refractivity contribution in [2.24, 2.45) is 23.2 Å². The Labute approximate surface area is 152 Å². The van der Waals surface area contributed by atoms with Crippen molar-refractivity contribution in [2.75, 3.05) is 0 Å². The summed E-state index contributed by atoms with van der Waals surface area (Å²) in [4.78, 5) is 17.7. The minimum atomic E-state index is -0.0699. The molecule has 0 saturated heterocycles. The van der Waals surface area contributed by atoms with Crippen LogP contribution in [0.2, 0.25) is 0 Å². The molecule has 0 aliphatic heterocycles. The Morgan fingerprint density at radius 2 is 1.88 bits per heavy atom. The van der Waals surface area contributed by atoms with E-state index in [0.29, 0.717) is 12.5 Å². The maximum atomic E-state index is 13.1. The molecule has 4 aliphatic carbocycles. The lowest BCUT2D eigenvalue weighted by Crippen LogP contribution is -2.53. The molecular formula is C21H24N2OS. The number of carbonyl (C=O) groups excluding carboxylic acids is 1. The zero-order chi connectivity index (χ0) is 16.9. The number of hydrogen-bond donors (Lipinski definition) is 1. The van der Waals surface area contributed by atoms with Crippen molar-refractivity contribution in [1.82, 2.24) is 10.3 Å². The molecular weight excluding hydrogens is 328 g/mol. The summed E-state index contributed by atoms with van der Waals surface area (Å²) in [6.07, 6.45) is 9.31. The summed E-state index contributed by atoms with van der Waals surface area (Å²) in [5, 5.41) is 7.47. The second kappa shape index (κ2) is 5.94. The average Bonchev–Trinajstić information content (AvgIpc) is 3.13. The van der Waals surface area contributed by atoms with Crippen LogP contribution in [0.25, 0.3) is 11.3 Å². The van der Waals surface area contributed by atoms with Crippen LogP contribution in [0, 0.1) is 23.2 Å². The van der Waals surface area contributed by atoms with Crippen LogP contribution in [0.4, 0.5) is 0 Å². The molecule has 0 atom stereocenters. The molecule has 1 N–H and O–H groups in total. The number of amides is 1. The Morgan fingerprint density at radius 1 is 1.16 bits per heavy atom. The first kappa shape index (κ1) is 15.6. The topological polar surface area (TPSA) is 42.0 Å². The molecule has 0 radical (unpaired) electrons. The van der Waals surface area contributed by atoms with Crippen molar-refractivity contribution >= 4 is 17.2 Å². The highest BCUT2D eigenvalue weighted by molar-refractivity contribution is 7.08. The van der Waals surface area contributed by atoms with E-state index in [1.165, 1.54) is 19.3 Å². The number of thiophene rings is 1. The van der Waals surface area contributed by atoms with Crippen molar-refractivity contribution in [2.45, 2.75) is 45.1 Å². The van der Waals surface area contributed by atoms with Gasteiger partial charge in [-0.1, -0.05) is 6.07 Å². The maximum absolute atomic E-state index is 13.1. The molecule has 3 nitrogen and oxygen atoms in total. The van der Waals surface area contributed by atoms with E-state index in [2.05, 4.69) is 33.2 Å². The fourth-order valence-corrected chi connectivity index (χ4v) is 6.63. The minimum absolute atomic E-state index is 0.0699. The third kappa shape index (κ3) is 2.71. The monoisotopic (exact) mass is 352 g/mol. The number of aromatic nitrogens is 1. The molecule has 6 rings (SSSR count). The van der Waals surface area contributed by atoms with Gasteiger partial charge in [0.25, 0.3) is 0 Å². The van der Waals surface area contributed by atoms with Gasteiger partial charge in [0, 0.05) is 29.1 Å². The predicted octanol–water partition coefficient (Wildman–Crippen LogP) is 4.64. The fraction of sp³-hybridized carbons (Fsp3) is 0.524. The number of hydrogen-bond acceptors (Lipinski definition) is 3. The molecule has 2 aromatic rings. The van der Waals surface area contributed by atoms with Gasteiger partial charge in [-0.15, -0.1) is 0 Å². The molecule has 4 bridgehead atoms. The van der Waals surface area contributed by atoms with Crippen LogP contribution in [-0.2, 0) is 11.3 Å². The highest BCUT2D eigenvalue weighted by Crippen LogP contribution is 2.60. The largest absolute Gasteiger partial charge is 0.351 e. The van der Waals surface area contributed by atoms with Crippen LogP contribution in [0.15, 0.2) is 35.2 Å². The molecule has 130 valence electrons. The average molecular weight is 353 g/mol. The highest BCUT2D eigenvalue weighted by Gasteiger charge is 2.54. The van der Waals surface area contributed by atoms with Gasteiger partial charge in [-0.3, -0.25) is 9.78 Å². The van der Waals surface area contributed by atoms with E-state index in [0.717, 1.165) is 53.8 Å². The van der Waals surface area contributed by atoms with E-state index < -0.39 is 0 Å². The normalized spacial score (nSPS) is 32.7. The molecule has 0 spiro atoms. The molecule has 4 fully saturated rings. The quantitative estimate of drug-likeness (QED) is 0.871. The number of nitrogens with zero attached hydrogens (tertiary/aromatic N) is 1. The number of pyridine rings is 1. The van der Waals surface area contributed by atoms with Gasteiger partial charge in [0.1, 0.15) is 0 Å². The van der Waals surface area contributed by atoms with E-state index in [9.17, 15) is 4.79 Å². The zero-order valence-electron chi connectivity index (χ0n) is 14.4. The third-order valence-corrected chi connectivity index (χ3v) is 7.33. The predicted molar refractivity (Wildman–Crippen MR) is 100 cm³/mol. The fourth-order valence-electron chi connectivity index (χ4n) is 5.99. The SMILES string of the molecule is O=C(NCc1cccnc1-c1ccsc1)C12CC3CC(CC(C3)C1)C2. The third-order valence-electron chi connectivity index (χ3n) is 6.65. The van der Waals surface area contributed by atoms with Gasteiger partial charge >= 0.3 is 0 Å². The zero-order valence-corrected chi connectivity index (χ0v) is 15.2. The van der Waals surface area contributed by atoms with Crippen molar-refractivity contribution < 1.29 is 4.79 Å². The summed E-state index contributed by atoms with van der Waals surface area (Å²) in [5.41, 5.74) is 3.18. The molecule has 4 saturated carbocycles. The van der Waals surface area contributed by atoms with Crippen molar-refractivity contribution in [1.29, 1.82) is 0 Å².